The molecule has 5 nitrogen and oxygen atoms in total. The SMILES string of the molecule is CCOC(=O)c1cnn(CCO)c1C(F)F. The number of halogens is 2. The van der Waals surface area contributed by atoms with Gasteiger partial charge in [-0.15, -0.1) is 0 Å². The van der Waals surface area contributed by atoms with Gasteiger partial charge < -0.3 is 9.84 Å². The molecule has 7 heteroatoms. The Hall–Kier alpha value is -1.50. The molecule has 0 bridgehead atoms. The van der Waals surface area contributed by atoms with Crippen molar-refractivity contribution in [3.05, 3.63) is 17.5 Å². The van der Waals surface area contributed by atoms with Crippen LogP contribution in [0.3, 0.4) is 0 Å². The fourth-order valence-electron chi connectivity index (χ4n) is 1.26. The van der Waals surface area contributed by atoms with Crippen molar-refractivity contribution in [3.8, 4) is 0 Å². The van der Waals surface area contributed by atoms with Gasteiger partial charge in [-0.3, -0.25) is 4.68 Å². The Morgan fingerprint density at radius 2 is 2.38 bits per heavy atom. The topological polar surface area (TPSA) is 64.3 Å². The summed E-state index contributed by atoms with van der Waals surface area (Å²) in [7, 11) is 0. The van der Waals surface area contributed by atoms with E-state index in [0.717, 1.165) is 10.9 Å². The predicted octanol–water partition coefficient (Wildman–Crippen LogP) is 0.990. The number of ether oxygens (including phenoxy) is 1. The molecule has 0 atom stereocenters. The van der Waals surface area contributed by atoms with E-state index >= 15 is 0 Å². The lowest BCUT2D eigenvalue weighted by molar-refractivity contribution is 0.0513. The van der Waals surface area contributed by atoms with Gasteiger partial charge in [0.2, 0.25) is 0 Å². The van der Waals surface area contributed by atoms with Crippen LogP contribution in [0.4, 0.5) is 8.78 Å². The molecular weight excluding hydrogens is 222 g/mol. The van der Waals surface area contributed by atoms with Gasteiger partial charge in [-0.05, 0) is 6.92 Å². The molecule has 1 rings (SSSR count). The number of alkyl halides is 2. The number of carbonyl (C=O) groups is 1. The monoisotopic (exact) mass is 234 g/mol. The number of nitrogens with zero attached hydrogens (tertiary/aromatic N) is 2. The van der Waals surface area contributed by atoms with Gasteiger partial charge in [-0.2, -0.15) is 5.10 Å². The van der Waals surface area contributed by atoms with Crippen LogP contribution >= 0.6 is 0 Å². The van der Waals surface area contributed by atoms with Crippen LogP contribution in [-0.2, 0) is 11.3 Å². The van der Waals surface area contributed by atoms with Crippen molar-refractivity contribution in [1.82, 2.24) is 9.78 Å². The van der Waals surface area contributed by atoms with E-state index in [1.54, 1.807) is 6.92 Å². The van der Waals surface area contributed by atoms with Crippen LogP contribution in [-0.4, -0.2) is 34.1 Å². The lowest BCUT2D eigenvalue weighted by atomic mass is 10.2. The molecule has 0 unspecified atom stereocenters. The Balaban J connectivity index is 3.04. The van der Waals surface area contributed by atoms with Crippen LogP contribution in [0.5, 0.6) is 0 Å². The standard InChI is InChI=1S/C9H12F2N2O3/c1-2-16-9(15)6-5-12-13(3-4-14)7(6)8(10)11/h5,8,14H,2-4H2,1H3. The minimum absolute atomic E-state index is 0.0842. The van der Waals surface area contributed by atoms with Gasteiger partial charge in [0, 0.05) is 0 Å². The van der Waals surface area contributed by atoms with Crippen LogP contribution in [0.1, 0.15) is 29.4 Å². The number of rotatable bonds is 5. The molecule has 1 heterocycles. The highest BCUT2D eigenvalue weighted by molar-refractivity contribution is 5.90. The van der Waals surface area contributed by atoms with E-state index < -0.39 is 18.1 Å². The lowest BCUT2D eigenvalue weighted by Crippen LogP contribution is -2.12. The first kappa shape index (κ1) is 12.6. The molecule has 1 aromatic heterocycles. The molecule has 0 radical (unpaired) electrons. The maximum atomic E-state index is 12.7. The van der Waals surface area contributed by atoms with Gasteiger partial charge in [0.25, 0.3) is 6.43 Å². The first-order valence-corrected chi connectivity index (χ1v) is 4.73. The average Bonchev–Trinajstić information content (AvgIpc) is 2.62. The predicted molar refractivity (Wildman–Crippen MR) is 50.2 cm³/mol. The van der Waals surface area contributed by atoms with Crippen LogP contribution in [0, 0.1) is 0 Å². The average molecular weight is 234 g/mol. The quantitative estimate of drug-likeness (QED) is 0.771. The molecule has 0 aliphatic rings. The van der Waals surface area contributed by atoms with Crippen molar-refractivity contribution in [2.75, 3.05) is 13.2 Å². The summed E-state index contributed by atoms with van der Waals surface area (Å²) in [4.78, 5) is 11.3. The lowest BCUT2D eigenvalue weighted by Gasteiger charge is -2.06. The third-order valence-electron chi connectivity index (χ3n) is 1.89. The summed E-state index contributed by atoms with van der Waals surface area (Å²) in [5, 5.41) is 12.3. The van der Waals surface area contributed by atoms with Crippen molar-refractivity contribution in [2.24, 2.45) is 0 Å². The smallest absolute Gasteiger partial charge is 0.341 e. The van der Waals surface area contributed by atoms with E-state index in [2.05, 4.69) is 9.84 Å². The van der Waals surface area contributed by atoms with Gasteiger partial charge >= 0.3 is 5.97 Å². The van der Waals surface area contributed by atoms with E-state index in [-0.39, 0.29) is 25.3 Å². The molecule has 0 saturated carbocycles. The van der Waals surface area contributed by atoms with Gasteiger partial charge in [0.05, 0.1) is 26.0 Å². The van der Waals surface area contributed by atoms with Gasteiger partial charge in [0.1, 0.15) is 11.3 Å². The molecule has 0 spiro atoms. The van der Waals surface area contributed by atoms with Crippen molar-refractivity contribution in [3.63, 3.8) is 0 Å². The highest BCUT2D eigenvalue weighted by atomic mass is 19.3. The van der Waals surface area contributed by atoms with Crippen LogP contribution in [0.15, 0.2) is 6.20 Å². The number of hydrogen-bond acceptors (Lipinski definition) is 4. The molecule has 1 aromatic rings. The normalized spacial score (nSPS) is 10.8. The Kier molecular flexibility index (Phi) is 4.36. The molecule has 16 heavy (non-hydrogen) atoms. The maximum Gasteiger partial charge on any atom is 0.341 e. The highest BCUT2D eigenvalue weighted by Crippen LogP contribution is 2.23. The summed E-state index contributed by atoms with van der Waals surface area (Å²) < 4.78 is 30.9. The summed E-state index contributed by atoms with van der Waals surface area (Å²) in [6.07, 6.45) is -1.82. The molecule has 90 valence electrons. The fourth-order valence-corrected chi connectivity index (χ4v) is 1.26. The summed E-state index contributed by atoms with van der Waals surface area (Å²) >= 11 is 0. The summed E-state index contributed by atoms with van der Waals surface area (Å²) in [6, 6.07) is 0. The number of carbonyl (C=O) groups excluding carboxylic acids is 1. The van der Waals surface area contributed by atoms with E-state index in [1.807, 2.05) is 0 Å². The molecule has 1 N–H and O–H groups in total. The van der Waals surface area contributed by atoms with Crippen LogP contribution in [0.2, 0.25) is 0 Å². The first-order valence-electron chi connectivity index (χ1n) is 4.73. The Bertz CT molecular complexity index is 366. The highest BCUT2D eigenvalue weighted by Gasteiger charge is 2.25. The number of aliphatic hydroxyl groups is 1. The molecular formula is C9H12F2N2O3. The van der Waals surface area contributed by atoms with E-state index in [4.69, 9.17) is 5.11 Å². The zero-order valence-electron chi connectivity index (χ0n) is 8.69. The second kappa shape index (κ2) is 5.55. The molecule has 0 aromatic carbocycles. The number of esters is 1. The number of hydrogen-bond donors (Lipinski definition) is 1. The van der Waals surface area contributed by atoms with Crippen molar-refractivity contribution in [2.45, 2.75) is 19.9 Å². The van der Waals surface area contributed by atoms with Crippen molar-refractivity contribution in [1.29, 1.82) is 0 Å². The zero-order valence-corrected chi connectivity index (χ0v) is 8.69. The minimum Gasteiger partial charge on any atom is -0.462 e. The third-order valence-corrected chi connectivity index (χ3v) is 1.89. The van der Waals surface area contributed by atoms with Gasteiger partial charge in [0.15, 0.2) is 0 Å². The summed E-state index contributed by atoms with van der Waals surface area (Å²) in [5.74, 6) is -0.831. The fraction of sp³-hybridized carbons (Fsp3) is 0.556. The maximum absolute atomic E-state index is 12.7. The van der Waals surface area contributed by atoms with Crippen LogP contribution in [0.25, 0.3) is 0 Å². The largest absolute Gasteiger partial charge is 0.462 e. The van der Waals surface area contributed by atoms with Gasteiger partial charge in [-0.1, -0.05) is 0 Å². The zero-order chi connectivity index (χ0) is 12.1. The Morgan fingerprint density at radius 3 is 2.88 bits per heavy atom. The van der Waals surface area contributed by atoms with Crippen LogP contribution < -0.4 is 0 Å². The third kappa shape index (κ3) is 2.54. The van der Waals surface area contributed by atoms with Crippen molar-refractivity contribution >= 4 is 5.97 Å². The first-order chi connectivity index (χ1) is 7.61. The Labute approximate surface area is 90.6 Å². The molecule has 0 amide bonds. The van der Waals surface area contributed by atoms with E-state index in [1.165, 1.54) is 0 Å². The van der Waals surface area contributed by atoms with Crippen molar-refractivity contribution < 1.29 is 23.4 Å². The van der Waals surface area contributed by atoms with E-state index in [9.17, 15) is 13.6 Å². The second-order valence-electron chi connectivity index (χ2n) is 2.91. The van der Waals surface area contributed by atoms with E-state index in [0.29, 0.717) is 0 Å². The second-order valence-corrected chi connectivity index (χ2v) is 2.91. The number of aromatic nitrogens is 2. The minimum atomic E-state index is -2.84. The summed E-state index contributed by atoms with van der Waals surface area (Å²) in [6.45, 7) is 1.27. The molecule has 0 aliphatic carbocycles. The molecule has 0 aliphatic heterocycles. The van der Waals surface area contributed by atoms with Gasteiger partial charge in [-0.25, -0.2) is 13.6 Å². The number of aliphatic hydroxyl groups excluding tert-OH is 1. The molecule has 0 fully saturated rings. The summed E-state index contributed by atoms with van der Waals surface area (Å²) in [5.41, 5.74) is -0.780. The Morgan fingerprint density at radius 1 is 1.69 bits per heavy atom. The molecule has 0 saturated heterocycles.